The topological polar surface area (TPSA) is 155 Å². The van der Waals surface area contributed by atoms with Crippen LogP contribution in [0.2, 0.25) is 0 Å². The molecule has 4 heterocycles. The van der Waals surface area contributed by atoms with Crippen LogP contribution in [0, 0.1) is 20.2 Å². The van der Waals surface area contributed by atoms with E-state index in [4.69, 9.17) is 18.9 Å². The van der Waals surface area contributed by atoms with Gasteiger partial charge in [-0.25, -0.2) is 9.97 Å². The Morgan fingerprint density at radius 1 is 0.569 bits per heavy atom. The third kappa shape index (κ3) is 9.20. The number of nitrogens with zero attached hydrogens (tertiary/aromatic N) is 6. The molecule has 0 fully saturated rings. The fourth-order valence-corrected chi connectivity index (χ4v) is 7.02. The van der Waals surface area contributed by atoms with E-state index in [1.165, 1.54) is 36.7 Å². The molecule has 2 aliphatic rings. The average molecular weight is 783 g/mol. The first-order valence-corrected chi connectivity index (χ1v) is 18.6. The van der Waals surface area contributed by atoms with Crippen LogP contribution in [0.3, 0.4) is 0 Å². The first kappa shape index (κ1) is 39.3. The second kappa shape index (κ2) is 17.5. The molecule has 4 atom stereocenters. The van der Waals surface area contributed by atoms with Crippen LogP contribution >= 0.6 is 0 Å². The highest BCUT2D eigenvalue weighted by molar-refractivity contribution is 5.47. The molecule has 0 amide bonds. The van der Waals surface area contributed by atoms with Gasteiger partial charge in [0.25, 0.3) is 11.4 Å². The molecule has 8 rings (SSSR count). The van der Waals surface area contributed by atoms with E-state index in [-0.39, 0.29) is 35.7 Å². The van der Waals surface area contributed by atoms with Crippen LogP contribution in [0.1, 0.15) is 59.4 Å². The summed E-state index contributed by atoms with van der Waals surface area (Å²) >= 11 is 0. The summed E-state index contributed by atoms with van der Waals surface area (Å²) in [6, 6.07) is 37.8. The summed E-state index contributed by atoms with van der Waals surface area (Å²) in [5, 5.41) is 21.5. The van der Waals surface area contributed by atoms with Crippen LogP contribution in [0.4, 0.5) is 11.4 Å². The molecule has 2 aromatic heterocycles. The van der Waals surface area contributed by atoms with Crippen molar-refractivity contribution in [2.75, 3.05) is 28.2 Å². The van der Waals surface area contributed by atoms with Crippen molar-refractivity contribution >= 4 is 11.4 Å². The molecule has 0 N–H and O–H groups in total. The number of benzene rings is 4. The maximum absolute atomic E-state index is 10.8. The Morgan fingerprint density at radius 2 is 0.966 bits per heavy atom. The second-order valence-electron chi connectivity index (χ2n) is 14.3. The number of hydrogen-bond donors (Lipinski definition) is 0. The van der Waals surface area contributed by atoms with Gasteiger partial charge in [0.2, 0.25) is 11.8 Å². The van der Waals surface area contributed by atoms with Gasteiger partial charge in [-0.1, -0.05) is 60.7 Å². The molecule has 4 aromatic carbocycles. The molecule has 0 radical (unpaired) electrons. The molecule has 0 saturated carbocycles. The standard InChI is InChI=1S/2C22H21N3O4/c2*1-24(2)19-13-21(15-6-4-3-5-7-15)29-20-10-9-17(12-18(19)20)28-22-11-8-16(14-23-22)25(26)27/h2*3-12,14,19,21H,13H2,1-2H3. The SMILES string of the molecule is CN(C)C1CC(c2ccccc2)Oc2ccc(Oc3ccc([N+](=O)[O-])cn3)cc21.CN(C)C1CC(c2ccccc2)Oc2ccc(Oc3ccc([N+](=O)[O-])cn3)cc21. The lowest BCUT2D eigenvalue weighted by atomic mass is 9.92. The van der Waals surface area contributed by atoms with E-state index in [0.717, 1.165) is 46.6 Å². The van der Waals surface area contributed by atoms with E-state index >= 15 is 0 Å². The Balaban J connectivity index is 0.000000177. The zero-order chi connectivity index (χ0) is 40.8. The summed E-state index contributed by atoms with van der Waals surface area (Å²) in [6.07, 6.45) is 3.99. The molecule has 58 heavy (non-hydrogen) atoms. The van der Waals surface area contributed by atoms with Crippen LogP contribution in [0.5, 0.6) is 34.8 Å². The smallest absolute Gasteiger partial charge is 0.287 e. The predicted molar refractivity (Wildman–Crippen MR) is 217 cm³/mol. The number of nitro groups is 2. The Labute approximate surface area is 335 Å². The van der Waals surface area contributed by atoms with Crippen molar-refractivity contribution < 1.29 is 28.8 Å². The van der Waals surface area contributed by atoms with Crippen molar-refractivity contribution in [3.8, 4) is 34.8 Å². The molecular weight excluding hydrogens is 741 g/mol. The Bertz CT molecular complexity index is 2180. The van der Waals surface area contributed by atoms with Crippen LogP contribution in [-0.2, 0) is 0 Å². The molecule has 2 aliphatic heterocycles. The molecule has 0 saturated heterocycles. The molecule has 14 heteroatoms. The lowest BCUT2D eigenvalue weighted by Crippen LogP contribution is -2.28. The number of aromatic nitrogens is 2. The van der Waals surface area contributed by atoms with Crippen molar-refractivity contribution in [1.82, 2.24) is 19.8 Å². The average Bonchev–Trinajstić information content (AvgIpc) is 3.24. The van der Waals surface area contributed by atoms with E-state index in [0.29, 0.717) is 23.3 Å². The fraction of sp³-hybridized carbons (Fsp3) is 0.227. The number of pyridine rings is 2. The minimum absolute atomic E-state index is 0.0146. The maximum atomic E-state index is 10.8. The summed E-state index contributed by atoms with van der Waals surface area (Å²) in [6.45, 7) is 0. The molecule has 6 aromatic rings. The Hall–Kier alpha value is -6.90. The summed E-state index contributed by atoms with van der Waals surface area (Å²) in [4.78, 5) is 32.9. The minimum Gasteiger partial charge on any atom is -0.485 e. The van der Waals surface area contributed by atoms with Crippen molar-refractivity contribution in [3.05, 3.63) is 176 Å². The lowest BCUT2D eigenvalue weighted by Gasteiger charge is -2.36. The van der Waals surface area contributed by atoms with Crippen LogP contribution in [0.15, 0.2) is 134 Å². The van der Waals surface area contributed by atoms with E-state index in [2.05, 4.69) is 44.0 Å². The van der Waals surface area contributed by atoms with Gasteiger partial charge in [0.15, 0.2) is 0 Å². The first-order valence-electron chi connectivity index (χ1n) is 18.6. The largest absolute Gasteiger partial charge is 0.485 e. The zero-order valence-corrected chi connectivity index (χ0v) is 32.4. The van der Waals surface area contributed by atoms with E-state index < -0.39 is 9.85 Å². The molecule has 4 unspecified atom stereocenters. The van der Waals surface area contributed by atoms with Gasteiger partial charge < -0.3 is 28.7 Å². The number of hydrogen-bond acceptors (Lipinski definition) is 12. The molecule has 14 nitrogen and oxygen atoms in total. The summed E-state index contributed by atoms with van der Waals surface area (Å²) in [5.41, 5.74) is 4.25. The first-order chi connectivity index (χ1) is 28.0. The van der Waals surface area contributed by atoms with Crippen LogP contribution in [0.25, 0.3) is 0 Å². The van der Waals surface area contributed by atoms with Crippen molar-refractivity contribution in [3.63, 3.8) is 0 Å². The third-order valence-electron chi connectivity index (χ3n) is 9.99. The number of rotatable bonds is 10. The quantitative estimate of drug-likeness (QED) is 0.0959. The van der Waals surface area contributed by atoms with Gasteiger partial charge in [0.05, 0.1) is 9.85 Å². The molecule has 296 valence electrons. The Morgan fingerprint density at radius 3 is 1.29 bits per heavy atom. The normalized spacial score (nSPS) is 18.0. The van der Waals surface area contributed by atoms with Gasteiger partial charge in [0.1, 0.15) is 47.6 Å². The monoisotopic (exact) mass is 782 g/mol. The summed E-state index contributed by atoms with van der Waals surface area (Å²) in [5.74, 6) is 3.48. The van der Waals surface area contributed by atoms with Crippen LogP contribution < -0.4 is 18.9 Å². The highest BCUT2D eigenvalue weighted by atomic mass is 16.6. The van der Waals surface area contributed by atoms with Gasteiger partial charge in [0, 0.05) is 60.3 Å². The lowest BCUT2D eigenvalue weighted by molar-refractivity contribution is -0.385. The highest BCUT2D eigenvalue weighted by Gasteiger charge is 2.32. The van der Waals surface area contributed by atoms with E-state index in [9.17, 15) is 20.2 Å². The third-order valence-corrected chi connectivity index (χ3v) is 9.99. The minimum atomic E-state index is -0.488. The van der Waals surface area contributed by atoms with Gasteiger partial charge in [-0.15, -0.1) is 0 Å². The van der Waals surface area contributed by atoms with Gasteiger partial charge in [-0.3, -0.25) is 20.2 Å². The fourth-order valence-electron chi connectivity index (χ4n) is 7.02. The van der Waals surface area contributed by atoms with Gasteiger partial charge >= 0.3 is 0 Å². The number of ether oxygens (including phenoxy) is 4. The van der Waals surface area contributed by atoms with Crippen molar-refractivity contribution in [1.29, 1.82) is 0 Å². The summed E-state index contributed by atoms with van der Waals surface area (Å²) in [7, 11) is 8.20. The number of fused-ring (bicyclic) bond motifs is 2. The molecule has 0 aliphatic carbocycles. The molecular formula is C44H42N6O8. The second-order valence-corrected chi connectivity index (χ2v) is 14.3. The zero-order valence-electron chi connectivity index (χ0n) is 32.4. The molecule has 0 spiro atoms. The molecule has 0 bridgehead atoms. The highest BCUT2D eigenvalue weighted by Crippen LogP contribution is 2.46. The van der Waals surface area contributed by atoms with Gasteiger partial charge in [-0.2, -0.15) is 0 Å². The summed E-state index contributed by atoms with van der Waals surface area (Å²) < 4.78 is 24.2. The van der Waals surface area contributed by atoms with E-state index in [1.54, 1.807) is 0 Å². The maximum Gasteiger partial charge on any atom is 0.287 e. The van der Waals surface area contributed by atoms with E-state index in [1.807, 2.05) is 101 Å². The predicted octanol–water partition coefficient (Wildman–Crippen LogP) is 9.82. The van der Waals surface area contributed by atoms with Crippen LogP contribution in [-0.4, -0.2) is 57.8 Å². The van der Waals surface area contributed by atoms with Crippen molar-refractivity contribution in [2.45, 2.75) is 37.1 Å². The van der Waals surface area contributed by atoms with Gasteiger partial charge in [-0.05, 0) is 75.7 Å². The Kier molecular flexibility index (Phi) is 11.9. The van der Waals surface area contributed by atoms with Crippen molar-refractivity contribution in [2.24, 2.45) is 0 Å².